The minimum atomic E-state index is 0. The van der Waals surface area contributed by atoms with Crippen molar-refractivity contribution in [2.75, 3.05) is 31.2 Å². The van der Waals surface area contributed by atoms with Gasteiger partial charge in [-0.3, -0.25) is 4.79 Å². The zero-order chi connectivity index (χ0) is 15.1. The first-order valence-electron chi connectivity index (χ1n) is 6.67. The molecule has 1 atom stereocenters. The molecular weight excluding hydrogens is 404 g/mol. The number of nitrogens with one attached hydrogen (secondary N) is 2. The first kappa shape index (κ1) is 22.9. The van der Waals surface area contributed by atoms with Crippen molar-refractivity contribution in [3.63, 3.8) is 0 Å². The Morgan fingerprint density at radius 3 is 2.91 bits per heavy atom. The molecule has 1 amide bonds. The van der Waals surface area contributed by atoms with Crippen LogP contribution in [-0.2, 0) is 4.79 Å². The Kier molecular flexibility index (Phi) is 12.2. The van der Waals surface area contributed by atoms with Crippen molar-refractivity contribution in [1.29, 1.82) is 0 Å². The summed E-state index contributed by atoms with van der Waals surface area (Å²) in [5.41, 5.74) is 0. The van der Waals surface area contributed by atoms with Crippen LogP contribution in [0, 0.1) is 0 Å². The quantitative estimate of drug-likeness (QED) is 0.690. The van der Waals surface area contributed by atoms with Gasteiger partial charge >= 0.3 is 0 Å². The normalized spacial score (nSPS) is 16.7. The van der Waals surface area contributed by atoms with E-state index < -0.39 is 0 Å². The Balaban J connectivity index is 0.00000242. The number of ether oxygens (including phenoxy) is 1. The number of pyridine rings is 1. The molecule has 2 N–H and O–H groups in total. The number of thioether (sulfide) groups is 1. The van der Waals surface area contributed by atoms with Crippen LogP contribution in [0.2, 0.25) is 10.0 Å². The fourth-order valence-electron chi connectivity index (χ4n) is 1.89. The van der Waals surface area contributed by atoms with Crippen molar-refractivity contribution in [3.05, 3.63) is 22.3 Å². The number of carbonyl (C=O) groups is 1. The standard InChI is InChI=1S/C13H17Cl2N3O2S.2ClH/c14-9-5-11(15)13(18-7-9)20-3-1-17-12(19)6-10-8-21-4-2-16-10;;/h5,7,10,16H,1-4,6,8H2,(H,17,19);2*1H. The van der Waals surface area contributed by atoms with Gasteiger partial charge in [0.15, 0.2) is 0 Å². The third-order valence-electron chi connectivity index (χ3n) is 2.87. The summed E-state index contributed by atoms with van der Waals surface area (Å²) in [4.78, 5) is 15.7. The third-order valence-corrected chi connectivity index (χ3v) is 4.48. The van der Waals surface area contributed by atoms with E-state index in [9.17, 15) is 4.79 Å². The molecule has 10 heteroatoms. The second-order valence-electron chi connectivity index (χ2n) is 4.57. The topological polar surface area (TPSA) is 63.2 Å². The van der Waals surface area contributed by atoms with E-state index in [2.05, 4.69) is 15.6 Å². The molecule has 2 heterocycles. The molecule has 1 aromatic rings. The Labute approximate surface area is 162 Å². The fraction of sp³-hybridized carbons (Fsp3) is 0.538. The Morgan fingerprint density at radius 1 is 1.48 bits per heavy atom. The van der Waals surface area contributed by atoms with Gasteiger partial charge in [-0.2, -0.15) is 11.8 Å². The van der Waals surface area contributed by atoms with Gasteiger partial charge in [0.05, 0.1) is 11.6 Å². The largest absolute Gasteiger partial charge is 0.475 e. The zero-order valence-corrected chi connectivity index (χ0v) is 16.2. The second-order valence-corrected chi connectivity index (χ2v) is 6.56. The summed E-state index contributed by atoms with van der Waals surface area (Å²) in [6.45, 7) is 1.69. The van der Waals surface area contributed by atoms with Crippen LogP contribution in [0.3, 0.4) is 0 Å². The Morgan fingerprint density at radius 2 is 2.26 bits per heavy atom. The predicted molar refractivity (Wildman–Crippen MR) is 101 cm³/mol. The van der Waals surface area contributed by atoms with Gasteiger partial charge in [-0.1, -0.05) is 23.2 Å². The summed E-state index contributed by atoms with van der Waals surface area (Å²) in [5.74, 6) is 2.43. The van der Waals surface area contributed by atoms with Gasteiger partial charge in [0.25, 0.3) is 0 Å². The minimum absolute atomic E-state index is 0. The highest BCUT2D eigenvalue weighted by Gasteiger charge is 2.16. The van der Waals surface area contributed by atoms with Gasteiger partial charge in [0.1, 0.15) is 11.6 Å². The van der Waals surface area contributed by atoms with Crippen LogP contribution >= 0.6 is 59.8 Å². The van der Waals surface area contributed by atoms with E-state index in [1.807, 2.05) is 11.8 Å². The van der Waals surface area contributed by atoms with Crippen LogP contribution in [0.1, 0.15) is 6.42 Å². The average molecular weight is 423 g/mol. The summed E-state index contributed by atoms with van der Waals surface area (Å²) in [5, 5.41) is 6.96. The van der Waals surface area contributed by atoms with Crippen molar-refractivity contribution in [2.24, 2.45) is 0 Å². The Hall–Kier alpha value is -0.110. The van der Waals surface area contributed by atoms with Crippen molar-refractivity contribution < 1.29 is 9.53 Å². The van der Waals surface area contributed by atoms with E-state index in [1.54, 1.807) is 6.07 Å². The lowest BCUT2D eigenvalue weighted by Gasteiger charge is -2.22. The van der Waals surface area contributed by atoms with Gasteiger partial charge in [-0.15, -0.1) is 24.8 Å². The number of halogens is 4. The molecule has 1 fully saturated rings. The summed E-state index contributed by atoms with van der Waals surface area (Å²) in [7, 11) is 0. The first-order valence-corrected chi connectivity index (χ1v) is 8.58. The summed E-state index contributed by atoms with van der Waals surface area (Å²) < 4.78 is 5.40. The fourth-order valence-corrected chi connectivity index (χ4v) is 3.28. The minimum Gasteiger partial charge on any atom is -0.475 e. The Bertz CT molecular complexity index is 490. The summed E-state index contributed by atoms with van der Waals surface area (Å²) in [6.07, 6.45) is 1.96. The maximum atomic E-state index is 11.8. The third kappa shape index (κ3) is 8.52. The number of rotatable bonds is 6. The zero-order valence-electron chi connectivity index (χ0n) is 12.2. The van der Waals surface area contributed by atoms with Gasteiger partial charge in [0, 0.05) is 36.7 Å². The van der Waals surface area contributed by atoms with Crippen LogP contribution in [-0.4, -0.2) is 48.1 Å². The maximum absolute atomic E-state index is 11.8. The van der Waals surface area contributed by atoms with E-state index in [-0.39, 0.29) is 36.8 Å². The van der Waals surface area contributed by atoms with Crippen molar-refractivity contribution in [2.45, 2.75) is 12.5 Å². The molecule has 0 radical (unpaired) electrons. The summed E-state index contributed by atoms with van der Waals surface area (Å²) >= 11 is 13.5. The van der Waals surface area contributed by atoms with E-state index in [1.165, 1.54) is 6.20 Å². The first-order chi connectivity index (χ1) is 10.1. The van der Waals surface area contributed by atoms with E-state index >= 15 is 0 Å². The van der Waals surface area contributed by atoms with Gasteiger partial charge in [-0.25, -0.2) is 4.98 Å². The van der Waals surface area contributed by atoms with E-state index in [0.29, 0.717) is 35.5 Å². The van der Waals surface area contributed by atoms with Crippen molar-refractivity contribution >= 4 is 65.7 Å². The molecule has 0 bridgehead atoms. The van der Waals surface area contributed by atoms with E-state index in [0.717, 1.165) is 18.1 Å². The molecule has 1 unspecified atom stereocenters. The molecule has 23 heavy (non-hydrogen) atoms. The SMILES string of the molecule is Cl.Cl.O=C(CC1CSCCN1)NCCOc1ncc(Cl)cc1Cl. The number of hydrogen-bond acceptors (Lipinski definition) is 5. The van der Waals surface area contributed by atoms with Crippen LogP contribution < -0.4 is 15.4 Å². The molecule has 1 aliphatic rings. The number of hydrogen-bond donors (Lipinski definition) is 2. The highest BCUT2D eigenvalue weighted by molar-refractivity contribution is 7.99. The molecule has 0 aromatic carbocycles. The molecular formula is C13H19Cl4N3O2S. The van der Waals surface area contributed by atoms with E-state index in [4.69, 9.17) is 27.9 Å². The molecule has 0 spiro atoms. The second kappa shape index (κ2) is 12.3. The number of carbonyl (C=O) groups excluding carboxylic acids is 1. The average Bonchev–Trinajstić information content (AvgIpc) is 2.46. The van der Waals surface area contributed by atoms with Gasteiger partial charge in [0.2, 0.25) is 11.8 Å². The molecule has 1 aliphatic heterocycles. The molecule has 0 saturated carbocycles. The highest BCUT2D eigenvalue weighted by Crippen LogP contribution is 2.24. The van der Waals surface area contributed by atoms with Gasteiger partial charge < -0.3 is 15.4 Å². The maximum Gasteiger partial charge on any atom is 0.232 e. The van der Waals surface area contributed by atoms with Crippen molar-refractivity contribution in [1.82, 2.24) is 15.6 Å². The number of amides is 1. The molecule has 1 saturated heterocycles. The van der Waals surface area contributed by atoms with Crippen LogP contribution in [0.5, 0.6) is 5.88 Å². The lowest BCUT2D eigenvalue weighted by molar-refractivity contribution is -0.121. The van der Waals surface area contributed by atoms with Gasteiger partial charge in [-0.05, 0) is 6.07 Å². The molecule has 1 aromatic heterocycles. The molecule has 2 rings (SSSR count). The lowest BCUT2D eigenvalue weighted by atomic mass is 10.2. The smallest absolute Gasteiger partial charge is 0.232 e. The summed E-state index contributed by atoms with van der Waals surface area (Å²) in [6, 6.07) is 1.83. The number of nitrogens with zero attached hydrogens (tertiary/aromatic N) is 1. The highest BCUT2D eigenvalue weighted by atomic mass is 35.5. The molecule has 0 aliphatic carbocycles. The predicted octanol–water partition coefficient (Wildman–Crippen LogP) is 2.82. The van der Waals surface area contributed by atoms with Crippen molar-refractivity contribution in [3.8, 4) is 5.88 Å². The van der Waals surface area contributed by atoms with Crippen LogP contribution in [0.25, 0.3) is 0 Å². The monoisotopic (exact) mass is 421 g/mol. The van der Waals surface area contributed by atoms with Crippen LogP contribution in [0.4, 0.5) is 0 Å². The van der Waals surface area contributed by atoms with Crippen LogP contribution in [0.15, 0.2) is 12.3 Å². The molecule has 5 nitrogen and oxygen atoms in total. The molecule has 132 valence electrons. The number of aromatic nitrogens is 1. The lowest BCUT2D eigenvalue weighted by Crippen LogP contribution is -2.41.